The van der Waals surface area contributed by atoms with Gasteiger partial charge in [-0.3, -0.25) is 0 Å². The summed E-state index contributed by atoms with van der Waals surface area (Å²) in [6.07, 6.45) is 0. The van der Waals surface area contributed by atoms with Gasteiger partial charge >= 0.3 is 0 Å². The first kappa shape index (κ1) is 15.6. The van der Waals surface area contributed by atoms with Gasteiger partial charge in [0, 0.05) is 10.6 Å². The fourth-order valence-electron chi connectivity index (χ4n) is 1.71. The lowest BCUT2D eigenvalue weighted by Gasteiger charge is -2.11. The van der Waals surface area contributed by atoms with Crippen LogP contribution in [0.4, 0.5) is 5.69 Å². The van der Waals surface area contributed by atoms with Crippen LogP contribution >= 0.6 is 11.6 Å². The number of rotatable bonds is 5. The fourth-order valence-corrected chi connectivity index (χ4v) is 2.67. The number of sulfonamides is 1. The number of nitrogen functional groups attached to an aromatic ring is 1. The molecular weight excluding hydrogens is 312 g/mol. The molecule has 0 unspecified atom stereocenters. The van der Waals surface area contributed by atoms with Crippen molar-refractivity contribution in [3.8, 4) is 5.75 Å². The molecule has 0 heterocycles. The van der Waals surface area contributed by atoms with Gasteiger partial charge in [-0.25, -0.2) is 13.1 Å². The van der Waals surface area contributed by atoms with Crippen molar-refractivity contribution >= 4 is 27.3 Å². The summed E-state index contributed by atoms with van der Waals surface area (Å²) in [5.74, 6) is 0.407. The highest BCUT2D eigenvalue weighted by Gasteiger charge is 2.13. The summed E-state index contributed by atoms with van der Waals surface area (Å²) in [5.41, 5.74) is 6.90. The van der Waals surface area contributed by atoms with Crippen LogP contribution in [0.25, 0.3) is 0 Å². The van der Waals surface area contributed by atoms with E-state index in [1.54, 1.807) is 6.07 Å². The summed E-state index contributed by atoms with van der Waals surface area (Å²) in [6.45, 7) is 0.252. The third-order valence-electron chi connectivity index (χ3n) is 2.90. The highest BCUT2D eigenvalue weighted by atomic mass is 35.5. The first-order valence-electron chi connectivity index (χ1n) is 6.13. The number of halogens is 1. The summed E-state index contributed by atoms with van der Waals surface area (Å²) in [6, 6.07) is 11.6. The Morgan fingerprint density at radius 1 is 1.24 bits per heavy atom. The molecule has 0 aliphatic rings. The summed E-state index contributed by atoms with van der Waals surface area (Å²) in [4.78, 5) is 0.0904. The standard InChI is InChI=1S/C14H15ClN2O3S/c1-17-21(18,19)11-6-7-14(13(16)8-11)20-9-10-4-2-3-5-12(10)15/h2-8,17H,9,16H2,1H3. The summed E-state index contributed by atoms with van der Waals surface area (Å²) in [7, 11) is -2.18. The van der Waals surface area contributed by atoms with Gasteiger partial charge in [-0.15, -0.1) is 0 Å². The van der Waals surface area contributed by atoms with E-state index in [9.17, 15) is 8.42 Å². The molecule has 0 aliphatic heterocycles. The van der Waals surface area contributed by atoms with Gasteiger partial charge in [0.2, 0.25) is 10.0 Å². The highest BCUT2D eigenvalue weighted by Crippen LogP contribution is 2.26. The Hall–Kier alpha value is -1.76. The van der Waals surface area contributed by atoms with Crippen LogP contribution < -0.4 is 15.2 Å². The van der Waals surface area contributed by atoms with Crippen molar-refractivity contribution in [1.29, 1.82) is 0 Å². The van der Waals surface area contributed by atoms with Crippen molar-refractivity contribution in [3.05, 3.63) is 53.1 Å². The Morgan fingerprint density at radius 3 is 2.57 bits per heavy atom. The number of nitrogens with one attached hydrogen (secondary N) is 1. The zero-order valence-corrected chi connectivity index (χ0v) is 12.9. The lowest BCUT2D eigenvalue weighted by molar-refractivity contribution is 0.308. The maximum absolute atomic E-state index is 11.7. The summed E-state index contributed by atoms with van der Waals surface area (Å²) in [5, 5.41) is 0.602. The van der Waals surface area contributed by atoms with Gasteiger partial charge in [-0.1, -0.05) is 29.8 Å². The van der Waals surface area contributed by atoms with Gasteiger partial charge in [-0.2, -0.15) is 0 Å². The van der Waals surface area contributed by atoms with Crippen LogP contribution in [-0.4, -0.2) is 15.5 Å². The molecule has 2 aromatic rings. The molecule has 112 valence electrons. The molecule has 0 aliphatic carbocycles. The van der Waals surface area contributed by atoms with Crippen LogP contribution in [-0.2, 0) is 16.6 Å². The molecule has 0 spiro atoms. The molecule has 0 bridgehead atoms. The van der Waals surface area contributed by atoms with Crippen LogP contribution in [0.5, 0.6) is 5.75 Å². The molecule has 0 atom stereocenters. The molecule has 5 nitrogen and oxygen atoms in total. The molecule has 0 fully saturated rings. The van der Waals surface area contributed by atoms with E-state index in [0.717, 1.165) is 5.56 Å². The van der Waals surface area contributed by atoms with Gasteiger partial charge in [-0.05, 0) is 31.3 Å². The SMILES string of the molecule is CNS(=O)(=O)c1ccc(OCc2ccccc2Cl)c(N)c1. The second-order valence-corrected chi connectivity index (χ2v) is 6.58. The van der Waals surface area contributed by atoms with E-state index in [1.807, 2.05) is 18.2 Å². The lowest BCUT2D eigenvalue weighted by Crippen LogP contribution is -2.18. The van der Waals surface area contributed by atoms with E-state index in [2.05, 4.69) is 4.72 Å². The van der Waals surface area contributed by atoms with Crippen molar-refractivity contribution in [2.75, 3.05) is 12.8 Å². The third kappa shape index (κ3) is 3.66. The van der Waals surface area contributed by atoms with Crippen molar-refractivity contribution in [1.82, 2.24) is 4.72 Å². The average molecular weight is 327 g/mol. The predicted molar refractivity (Wildman–Crippen MR) is 82.9 cm³/mol. The zero-order valence-electron chi connectivity index (χ0n) is 11.3. The molecule has 7 heteroatoms. The largest absolute Gasteiger partial charge is 0.487 e. The average Bonchev–Trinajstić information content (AvgIpc) is 2.47. The molecular formula is C14H15ClN2O3S. The van der Waals surface area contributed by atoms with E-state index in [1.165, 1.54) is 25.2 Å². The second kappa shape index (κ2) is 6.34. The van der Waals surface area contributed by atoms with Crippen LogP contribution in [0.1, 0.15) is 5.56 Å². The Bertz CT molecular complexity index is 748. The molecule has 2 rings (SSSR count). The lowest BCUT2D eigenvalue weighted by atomic mass is 10.2. The quantitative estimate of drug-likeness (QED) is 0.827. The van der Waals surface area contributed by atoms with Crippen LogP contribution in [0.2, 0.25) is 5.02 Å². The molecule has 2 aromatic carbocycles. The normalized spacial score (nSPS) is 11.3. The maximum Gasteiger partial charge on any atom is 0.240 e. The van der Waals surface area contributed by atoms with Gasteiger partial charge in [0.05, 0.1) is 10.6 Å². The van der Waals surface area contributed by atoms with Crippen LogP contribution in [0, 0.1) is 0 Å². The molecule has 0 saturated carbocycles. The number of ether oxygens (including phenoxy) is 1. The van der Waals surface area contributed by atoms with Crippen molar-refractivity contribution in [2.45, 2.75) is 11.5 Å². The third-order valence-corrected chi connectivity index (χ3v) is 4.68. The van der Waals surface area contributed by atoms with Gasteiger partial charge in [0.15, 0.2) is 0 Å². The topological polar surface area (TPSA) is 81.4 Å². The molecule has 3 N–H and O–H groups in total. The van der Waals surface area contributed by atoms with E-state index >= 15 is 0 Å². The number of hydrogen-bond donors (Lipinski definition) is 2. The number of hydrogen-bond acceptors (Lipinski definition) is 4. The van der Waals surface area contributed by atoms with Crippen LogP contribution in [0.3, 0.4) is 0 Å². The number of anilines is 1. The molecule has 0 aromatic heterocycles. The fraction of sp³-hybridized carbons (Fsp3) is 0.143. The second-order valence-electron chi connectivity index (χ2n) is 4.29. The first-order valence-corrected chi connectivity index (χ1v) is 7.99. The minimum atomic E-state index is -3.52. The van der Waals surface area contributed by atoms with Crippen molar-refractivity contribution < 1.29 is 13.2 Å². The van der Waals surface area contributed by atoms with E-state index < -0.39 is 10.0 Å². The molecule has 0 saturated heterocycles. The van der Waals surface area contributed by atoms with Gasteiger partial charge in [0.25, 0.3) is 0 Å². The Kier molecular flexibility index (Phi) is 4.72. The highest BCUT2D eigenvalue weighted by molar-refractivity contribution is 7.89. The number of benzene rings is 2. The zero-order chi connectivity index (χ0) is 15.5. The smallest absolute Gasteiger partial charge is 0.240 e. The molecule has 21 heavy (non-hydrogen) atoms. The Labute approximate surface area is 128 Å². The van der Waals surface area contributed by atoms with E-state index in [-0.39, 0.29) is 17.2 Å². The minimum absolute atomic E-state index is 0.0904. The van der Waals surface area contributed by atoms with Crippen molar-refractivity contribution in [2.24, 2.45) is 0 Å². The first-order chi connectivity index (χ1) is 9.94. The Morgan fingerprint density at radius 2 is 1.95 bits per heavy atom. The summed E-state index contributed by atoms with van der Waals surface area (Å²) >= 11 is 6.04. The Balaban J connectivity index is 2.17. The molecule has 0 radical (unpaired) electrons. The van der Waals surface area contributed by atoms with Crippen LogP contribution in [0.15, 0.2) is 47.4 Å². The van der Waals surface area contributed by atoms with Gasteiger partial charge in [0.1, 0.15) is 12.4 Å². The minimum Gasteiger partial charge on any atom is -0.487 e. The number of nitrogens with two attached hydrogens (primary N) is 1. The summed E-state index contributed by atoms with van der Waals surface area (Å²) < 4.78 is 31.1. The molecule has 0 amide bonds. The maximum atomic E-state index is 11.7. The van der Waals surface area contributed by atoms with Crippen molar-refractivity contribution in [3.63, 3.8) is 0 Å². The van der Waals surface area contributed by atoms with E-state index in [0.29, 0.717) is 10.8 Å². The van der Waals surface area contributed by atoms with E-state index in [4.69, 9.17) is 22.1 Å². The van der Waals surface area contributed by atoms with Gasteiger partial charge < -0.3 is 10.5 Å². The monoisotopic (exact) mass is 326 g/mol. The predicted octanol–water partition coefficient (Wildman–Crippen LogP) is 2.41.